The molecule has 0 atom stereocenters. The average molecular weight is 366 g/mol. The summed E-state index contributed by atoms with van der Waals surface area (Å²) in [6.07, 6.45) is -0.654. The minimum absolute atomic E-state index is 0.0192. The van der Waals surface area contributed by atoms with Crippen molar-refractivity contribution in [3.05, 3.63) is 40.3 Å². The van der Waals surface area contributed by atoms with Crippen molar-refractivity contribution in [1.82, 2.24) is 4.90 Å². The van der Waals surface area contributed by atoms with E-state index in [1.807, 2.05) is 0 Å². The zero-order chi connectivity index (χ0) is 18.0. The fourth-order valence-corrected chi connectivity index (χ4v) is 4.72. The van der Waals surface area contributed by atoms with Gasteiger partial charge in [-0.1, -0.05) is 18.2 Å². The predicted octanol–water partition coefficient (Wildman–Crippen LogP) is 3.14. The van der Waals surface area contributed by atoms with Gasteiger partial charge < -0.3 is 4.74 Å². The Bertz CT molecular complexity index is 803. The Hall–Kier alpha value is -1.98. The van der Waals surface area contributed by atoms with Crippen molar-refractivity contribution in [3.63, 3.8) is 0 Å². The van der Waals surface area contributed by atoms with Crippen LogP contribution in [0.25, 0.3) is 0 Å². The van der Waals surface area contributed by atoms with E-state index in [0.29, 0.717) is 12.3 Å². The minimum atomic E-state index is -4.00. The van der Waals surface area contributed by atoms with Crippen LogP contribution in [-0.2, 0) is 14.6 Å². The molecule has 24 heavy (non-hydrogen) atoms. The Morgan fingerprint density at radius 1 is 1.29 bits per heavy atom. The number of sulfone groups is 1. The van der Waals surface area contributed by atoms with Gasteiger partial charge in [0.25, 0.3) is 0 Å². The smallest absolute Gasteiger partial charge is 0.415 e. The Labute approximate surface area is 146 Å². The standard InChI is InChI=1S/C16H18N2O4S2/c1-16(2,3)22-15(19)18-9-10-23-14(18)13(11-17)24(20,21)12-7-5-4-6-8-12/h4-8H,9-10H2,1-3H3/b14-13-. The number of amides is 1. The van der Waals surface area contributed by atoms with Crippen LogP contribution < -0.4 is 0 Å². The number of thioether (sulfide) groups is 1. The zero-order valence-corrected chi connectivity index (χ0v) is 15.3. The fourth-order valence-electron chi connectivity index (χ4n) is 2.03. The van der Waals surface area contributed by atoms with Crippen molar-refractivity contribution in [1.29, 1.82) is 5.26 Å². The van der Waals surface area contributed by atoms with Gasteiger partial charge in [0.05, 0.1) is 4.90 Å². The summed E-state index contributed by atoms with van der Waals surface area (Å²) in [7, 11) is -4.00. The second kappa shape index (κ2) is 6.87. The van der Waals surface area contributed by atoms with Gasteiger partial charge >= 0.3 is 6.09 Å². The fraction of sp³-hybridized carbons (Fsp3) is 0.375. The molecule has 6 nitrogen and oxygen atoms in total. The van der Waals surface area contributed by atoms with Crippen LogP contribution in [-0.4, -0.2) is 37.3 Å². The molecule has 1 amide bonds. The molecule has 1 heterocycles. The van der Waals surface area contributed by atoms with Gasteiger partial charge in [0, 0.05) is 12.3 Å². The molecule has 1 saturated heterocycles. The summed E-state index contributed by atoms with van der Waals surface area (Å²) < 4.78 is 30.8. The number of hydrogen-bond donors (Lipinski definition) is 0. The van der Waals surface area contributed by atoms with E-state index >= 15 is 0 Å². The number of carbonyl (C=O) groups excluding carboxylic acids is 1. The summed E-state index contributed by atoms with van der Waals surface area (Å²) in [5, 5.41) is 9.56. The number of rotatable bonds is 2. The summed E-state index contributed by atoms with van der Waals surface area (Å²) in [6, 6.07) is 9.45. The van der Waals surface area contributed by atoms with Crippen LogP contribution in [0.3, 0.4) is 0 Å². The third-order valence-electron chi connectivity index (χ3n) is 3.03. The topological polar surface area (TPSA) is 87.5 Å². The van der Waals surface area contributed by atoms with E-state index in [0.717, 1.165) is 11.8 Å². The molecule has 0 bridgehead atoms. The van der Waals surface area contributed by atoms with E-state index in [4.69, 9.17) is 4.74 Å². The van der Waals surface area contributed by atoms with Crippen LogP contribution in [0.1, 0.15) is 20.8 Å². The van der Waals surface area contributed by atoms with Crippen LogP contribution in [0.15, 0.2) is 45.2 Å². The summed E-state index contributed by atoms with van der Waals surface area (Å²) in [6.45, 7) is 5.47. The number of nitrogens with zero attached hydrogens (tertiary/aromatic N) is 2. The summed E-state index contributed by atoms with van der Waals surface area (Å²) in [5.41, 5.74) is -0.708. The maximum absolute atomic E-state index is 12.7. The van der Waals surface area contributed by atoms with Gasteiger partial charge in [0.2, 0.25) is 9.84 Å². The molecule has 1 fully saturated rings. The highest BCUT2D eigenvalue weighted by atomic mass is 32.2. The van der Waals surface area contributed by atoms with Crippen LogP contribution in [0, 0.1) is 11.3 Å². The Morgan fingerprint density at radius 3 is 2.46 bits per heavy atom. The van der Waals surface area contributed by atoms with E-state index in [1.165, 1.54) is 17.0 Å². The minimum Gasteiger partial charge on any atom is -0.443 e. The van der Waals surface area contributed by atoms with Crippen molar-refractivity contribution in [3.8, 4) is 6.07 Å². The highest BCUT2D eigenvalue weighted by molar-refractivity contribution is 8.04. The molecule has 1 aliphatic rings. The SMILES string of the molecule is CC(C)(C)OC(=O)N1CCS/C1=C(/C#N)S(=O)(=O)c1ccccc1. The first-order valence-electron chi connectivity index (χ1n) is 7.24. The first-order chi connectivity index (χ1) is 11.2. The largest absolute Gasteiger partial charge is 0.443 e. The van der Waals surface area contributed by atoms with E-state index in [2.05, 4.69) is 0 Å². The Balaban J connectivity index is 2.47. The number of hydrogen-bond acceptors (Lipinski definition) is 6. The maximum Gasteiger partial charge on any atom is 0.415 e. The third kappa shape index (κ3) is 3.91. The van der Waals surface area contributed by atoms with Crippen LogP contribution in [0.4, 0.5) is 4.79 Å². The van der Waals surface area contributed by atoms with E-state index in [1.54, 1.807) is 45.0 Å². The van der Waals surface area contributed by atoms with E-state index < -0.39 is 26.4 Å². The molecule has 0 N–H and O–H groups in total. The predicted molar refractivity (Wildman–Crippen MR) is 91.7 cm³/mol. The highest BCUT2D eigenvalue weighted by Crippen LogP contribution is 2.35. The van der Waals surface area contributed by atoms with Gasteiger partial charge in [0.15, 0.2) is 4.91 Å². The zero-order valence-electron chi connectivity index (χ0n) is 13.6. The second-order valence-electron chi connectivity index (χ2n) is 6.04. The lowest BCUT2D eigenvalue weighted by atomic mass is 10.2. The summed E-state index contributed by atoms with van der Waals surface area (Å²) >= 11 is 1.16. The average Bonchev–Trinajstić information content (AvgIpc) is 2.96. The number of allylic oxidation sites excluding steroid dienone is 1. The monoisotopic (exact) mass is 366 g/mol. The highest BCUT2D eigenvalue weighted by Gasteiger charge is 2.35. The van der Waals surface area contributed by atoms with Crippen molar-refractivity contribution < 1.29 is 17.9 Å². The summed E-state index contributed by atoms with van der Waals surface area (Å²) in [4.78, 5) is 13.1. The molecule has 0 saturated carbocycles. The van der Waals surface area contributed by atoms with Gasteiger partial charge in [-0.2, -0.15) is 5.26 Å². The molecule has 1 aromatic rings. The lowest BCUT2D eigenvalue weighted by Gasteiger charge is -2.25. The first-order valence-corrected chi connectivity index (χ1v) is 9.71. The molecule has 0 unspecified atom stereocenters. The lowest BCUT2D eigenvalue weighted by molar-refractivity contribution is 0.0345. The van der Waals surface area contributed by atoms with Crippen LogP contribution in [0.5, 0.6) is 0 Å². The quantitative estimate of drug-likeness (QED) is 0.747. The molecule has 0 radical (unpaired) electrons. The molecule has 1 aromatic carbocycles. The van der Waals surface area contributed by atoms with Crippen molar-refractivity contribution in [2.75, 3.05) is 12.3 Å². The number of nitriles is 1. The molecular weight excluding hydrogens is 348 g/mol. The Kier molecular flexibility index (Phi) is 5.26. The van der Waals surface area contributed by atoms with Gasteiger partial charge in [0.1, 0.15) is 16.7 Å². The van der Waals surface area contributed by atoms with Gasteiger partial charge in [-0.3, -0.25) is 4.90 Å². The normalized spacial score (nSPS) is 17.3. The van der Waals surface area contributed by atoms with Gasteiger partial charge in [-0.05, 0) is 32.9 Å². The molecule has 0 aromatic heterocycles. The van der Waals surface area contributed by atoms with Crippen molar-refractivity contribution >= 4 is 27.7 Å². The third-order valence-corrected chi connectivity index (χ3v) is 5.96. The molecule has 0 spiro atoms. The van der Waals surface area contributed by atoms with Gasteiger partial charge in [-0.15, -0.1) is 11.8 Å². The molecule has 128 valence electrons. The molecule has 8 heteroatoms. The number of benzene rings is 1. The van der Waals surface area contributed by atoms with Crippen molar-refractivity contribution in [2.45, 2.75) is 31.3 Å². The van der Waals surface area contributed by atoms with Crippen molar-refractivity contribution in [2.24, 2.45) is 0 Å². The number of ether oxygens (including phenoxy) is 1. The second-order valence-corrected chi connectivity index (χ2v) is 9.01. The maximum atomic E-state index is 12.7. The van der Waals surface area contributed by atoms with Gasteiger partial charge in [-0.25, -0.2) is 13.2 Å². The van der Waals surface area contributed by atoms with E-state index in [-0.39, 0.29) is 9.92 Å². The Morgan fingerprint density at radius 2 is 1.92 bits per heavy atom. The first kappa shape index (κ1) is 18.4. The lowest BCUT2D eigenvalue weighted by Crippen LogP contribution is -2.35. The van der Waals surface area contributed by atoms with Crippen LogP contribution >= 0.6 is 11.8 Å². The van der Waals surface area contributed by atoms with Crippen LogP contribution in [0.2, 0.25) is 0 Å². The van der Waals surface area contributed by atoms with E-state index in [9.17, 15) is 18.5 Å². The summed E-state index contributed by atoms with van der Waals surface area (Å²) in [5.74, 6) is 0.504. The molecular formula is C16H18N2O4S2. The molecule has 0 aliphatic carbocycles. The molecule has 1 aliphatic heterocycles. The number of carbonyl (C=O) groups is 1. The molecule has 2 rings (SSSR count).